The molecule has 2 amide bonds. The highest BCUT2D eigenvalue weighted by atomic mass is 16.2. The van der Waals surface area contributed by atoms with Gasteiger partial charge >= 0.3 is 6.03 Å². The van der Waals surface area contributed by atoms with Crippen molar-refractivity contribution in [1.82, 2.24) is 9.47 Å². The lowest BCUT2D eigenvalue weighted by atomic mass is 9.83. The lowest BCUT2D eigenvalue weighted by molar-refractivity contribution is 0.139. The second kappa shape index (κ2) is 5.57. The summed E-state index contributed by atoms with van der Waals surface area (Å²) in [6.07, 6.45) is 1.05. The smallest absolute Gasteiger partial charge is 0.321 e. The van der Waals surface area contributed by atoms with Gasteiger partial charge < -0.3 is 14.8 Å². The molecule has 2 aliphatic heterocycles. The molecule has 0 spiro atoms. The lowest BCUT2D eigenvalue weighted by Crippen LogP contribution is -2.50. The number of amides is 2. The zero-order chi connectivity index (χ0) is 15.8. The number of likely N-dealkylation sites (tertiary alicyclic amines) is 1. The van der Waals surface area contributed by atoms with Crippen molar-refractivity contribution in [3.63, 3.8) is 0 Å². The molecule has 0 aliphatic carbocycles. The highest BCUT2D eigenvalue weighted by molar-refractivity contribution is 5.89. The van der Waals surface area contributed by atoms with Gasteiger partial charge in [0.1, 0.15) is 0 Å². The van der Waals surface area contributed by atoms with Gasteiger partial charge in [0.05, 0.1) is 0 Å². The number of nitrogens with zero attached hydrogens (tertiary/aromatic N) is 2. The maximum atomic E-state index is 12.5. The number of hydrogen-bond acceptors (Lipinski definition) is 2. The van der Waals surface area contributed by atoms with Crippen molar-refractivity contribution in [2.45, 2.75) is 18.9 Å². The predicted molar refractivity (Wildman–Crippen MR) is 88.6 cm³/mol. The number of benzene rings is 1. The molecule has 0 radical (unpaired) electrons. The van der Waals surface area contributed by atoms with Crippen LogP contribution < -0.4 is 10.9 Å². The number of carbonyl (C=O) groups is 1. The van der Waals surface area contributed by atoms with E-state index in [0.29, 0.717) is 25.6 Å². The van der Waals surface area contributed by atoms with Gasteiger partial charge in [-0.15, -0.1) is 0 Å². The number of urea groups is 1. The number of para-hydroxylation sites is 1. The Hall–Kier alpha value is -2.56. The van der Waals surface area contributed by atoms with Crippen LogP contribution in [0, 0.1) is 5.92 Å². The Morgan fingerprint density at radius 1 is 1.00 bits per heavy atom. The summed E-state index contributed by atoms with van der Waals surface area (Å²) in [5, 5.41) is 2.95. The molecule has 1 N–H and O–H groups in total. The summed E-state index contributed by atoms with van der Waals surface area (Å²) < 4.78 is 1.88. The standard InChI is InChI=1S/C18H19N3O2/c22-17-8-4-7-16-14-9-13(11-21(16)17)10-20(12-14)18(23)19-15-5-2-1-3-6-15/h1-8,13-14H,9-12H2,(H,19,23)/t13-,14-/m1/s1. The molecule has 1 aromatic carbocycles. The Kier molecular flexibility index (Phi) is 3.41. The fourth-order valence-corrected chi connectivity index (χ4v) is 3.79. The minimum absolute atomic E-state index is 0.0578. The quantitative estimate of drug-likeness (QED) is 0.880. The van der Waals surface area contributed by atoms with E-state index in [0.717, 1.165) is 17.8 Å². The van der Waals surface area contributed by atoms with Crippen molar-refractivity contribution < 1.29 is 4.79 Å². The topological polar surface area (TPSA) is 54.3 Å². The first-order valence-electron chi connectivity index (χ1n) is 8.01. The van der Waals surface area contributed by atoms with Crippen LogP contribution in [0.4, 0.5) is 10.5 Å². The number of hydrogen-bond donors (Lipinski definition) is 1. The van der Waals surface area contributed by atoms with E-state index >= 15 is 0 Å². The lowest BCUT2D eigenvalue weighted by Gasteiger charge is -2.42. The van der Waals surface area contributed by atoms with Crippen molar-refractivity contribution in [2.75, 3.05) is 18.4 Å². The number of nitrogens with one attached hydrogen (secondary N) is 1. The molecule has 2 aliphatic rings. The zero-order valence-electron chi connectivity index (χ0n) is 12.8. The van der Waals surface area contributed by atoms with E-state index in [2.05, 4.69) is 5.32 Å². The summed E-state index contributed by atoms with van der Waals surface area (Å²) in [5.74, 6) is 0.598. The SMILES string of the molecule is O=C(Nc1ccccc1)N1C[C@H]2C[C@H](C1)c1cccc(=O)n1C2. The summed E-state index contributed by atoms with van der Waals surface area (Å²) in [6.45, 7) is 2.08. The van der Waals surface area contributed by atoms with Gasteiger partial charge in [-0.1, -0.05) is 24.3 Å². The monoisotopic (exact) mass is 309 g/mol. The summed E-state index contributed by atoms with van der Waals surface area (Å²) in [5.41, 5.74) is 1.94. The first-order chi connectivity index (χ1) is 11.2. The molecule has 1 fully saturated rings. The van der Waals surface area contributed by atoms with Crippen LogP contribution in [0.25, 0.3) is 0 Å². The van der Waals surface area contributed by atoms with E-state index < -0.39 is 0 Å². The molecule has 5 heteroatoms. The Morgan fingerprint density at radius 3 is 2.65 bits per heavy atom. The Bertz CT molecular complexity index is 784. The van der Waals surface area contributed by atoms with Crippen LogP contribution in [0.1, 0.15) is 18.0 Å². The molecule has 4 rings (SSSR count). The number of carbonyl (C=O) groups excluding carboxylic acids is 1. The highest BCUT2D eigenvalue weighted by Crippen LogP contribution is 2.35. The number of aromatic nitrogens is 1. The molecule has 0 saturated carbocycles. The van der Waals surface area contributed by atoms with Crippen molar-refractivity contribution in [3.8, 4) is 0 Å². The van der Waals surface area contributed by atoms with Gasteiger partial charge in [0, 0.05) is 43.0 Å². The number of anilines is 1. The number of piperidine rings is 1. The van der Waals surface area contributed by atoms with E-state index in [9.17, 15) is 9.59 Å². The van der Waals surface area contributed by atoms with Crippen LogP contribution in [-0.4, -0.2) is 28.6 Å². The van der Waals surface area contributed by atoms with Gasteiger partial charge in [-0.05, 0) is 30.5 Å². The first-order valence-corrected chi connectivity index (χ1v) is 8.01. The van der Waals surface area contributed by atoms with Gasteiger partial charge in [0.2, 0.25) is 0 Å². The zero-order valence-corrected chi connectivity index (χ0v) is 12.8. The fraction of sp³-hybridized carbons (Fsp3) is 0.333. The van der Waals surface area contributed by atoms with Gasteiger partial charge in [0.25, 0.3) is 5.56 Å². The molecule has 23 heavy (non-hydrogen) atoms. The Labute approximate surface area is 134 Å². The summed E-state index contributed by atoms with van der Waals surface area (Å²) >= 11 is 0. The van der Waals surface area contributed by atoms with Crippen LogP contribution in [0.3, 0.4) is 0 Å². The van der Waals surface area contributed by atoms with Crippen LogP contribution in [0.15, 0.2) is 53.3 Å². The molecular formula is C18H19N3O2. The molecule has 5 nitrogen and oxygen atoms in total. The normalized spacial score (nSPS) is 22.3. The molecule has 1 saturated heterocycles. The predicted octanol–water partition coefficient (Wildman–Crippen LogP) is 2.50. The molecule has 3 heterocycles. The molecule has 2 atom stereocenters. The van der Waals surface area contributed by atoms with Crippen LogP contribution in [-0.2, 0) is 6.54 Å². The van der Waals surface area contributed by atoms with Crippen LogP contribution in [0.2, 0.25) is 0 Å². The van der Waals surface area contributed by atoms with Crippen LogP contribution >= 0.6 is 0 Å². The molecule has 0 unspecified atom stereocenters. The van der Waals surface area contributed by atoms with E-state index in [1.54, 1.807) is 6.07 Å². The van der Waals surface area contributed by atoms with Crippen molar-refractivity contribution in [1.29, 1.82) is 0 Å². The maximum absolute atomic E-state index is 12.5. The molecule has 2 bridgehead atoms. The molecule has 1 aromatic heterocycles. The number of pyridine rings is 1. The highest BCUT2D eigenvalue weighted by Gasteiger charge is 2.36. The van der Waals surface area contributed by atoms with Crippen LogP contribution in [0.5, 0.6) is 0 Å². The van der Waals surface area contributed by atoms with Gasteiger partial charge in [-0.25, -0.2) is 4.79 Å². The van der Waals surface area contributed by atoms with E-state index in [1.165, 1.54) is 0 Å². The largest absolute Gasteiger partial charge is 0.324 e. The third kappa shape index (κ3) is 2.63. The van der Waals surface area contributed by atoms with E-state index in [4.69, 9.17) is 0 Å². The third-order valence-corrected chi connectivity index (χ3v) is 4.79. The summed E-state index contributed by atoms with van der Waals surface area (Å²) in [7, 11) is 0. The molecule has 2 aromatic rings. The first kappa shape index (κ1) is 14.1. The summed E-state index contributed by atoms with van der Waals surface area (Å²) in [4.78, 5) is 26.4. The van der Waals surface area contributed by atoms with Gasteiger partial charge in [-0.3, -0.25) is 4.79 Å². The number of rotatable bonds is 1. The Morgan fingerprint density at radius 2 is 1.83 bits per heavy atom. The average molecular weight is 309 g/mol. The minimum atomic E-state index is -0.0578. The number of fused-ring (bicyclic) bond motifs is 4. The van der Waals surface area contributed by atoms with Crippen molar-refractivity contribution in [2.24, 2.45) is 5.92 Å². The maximum Gasteiger partial charge on any atom is 0.321 e. The van der Waals surface area contributed by atoms with Crippen molar-refractivity contribution in [3.05, 3.63) is 64.6 Å². The fourth-order valence-electron chi connectivity index (χ4n) is 3.79. The summed E-state index contributed by atoms with van der Waals surface area (Å²) in [6, 6.07) is 14.9. The molecule has 118 valence electrons. The van der Waals surface area contributed by atoms with Crippen molar-refractivity contribution >= 4 is 11.7 Å². The molecular weight excluding hydrogens is 290 g/mol. The second-order valence-corrected chi connectivity index (χ2v) is 6.40. The van der Waals surface area contributed by atoms with E-state index in [-0.39, 0.29) is 17.5 Å². The van der Waals surface area contributed by atoms with Gasteiger partial charge in [0.15, 0.2) is 0 Å². The van der Waals surface area contributed by atoms with E-state index in [1.807, 2.05) is 51.9 Å². The second-order valence-electron chi connectivity index (χ2n) is 6.40. The average Bonchev–Trinajstić information content (AvgIpc) is 2.57. The Balaban J connectivity index is 1.54. The third-order valence-electron chi connectivity index (χ3n) is 4.79. The minimum Gasteiger partial charge on any atom is -0.324 e. The van der Waals surface area contributed by atoms with Gasteiger partial charge in [-0.2, -0.15) is 0 Å².